The third-order valence-electron chi connectivity index (χ3n) is 3.26. The van der Waals surface area contributed by atoms with Gasteiger partial charge < -0.3 is 5.73 Å². The standard InChI is InChI=1S/C10H24N4O2S/c1-4-12-17(15,16)14-7-5-13(6-8-14)10(2,3)9-11/h12H,4-9,11H2,1-3H3. The van der Waals surface area contributed by atoms with E-state index in [9.17, 15) is 8.42 Å². The van der Waals surface area contributed by atoms with Gasteiger partial charge in [-0.1, -0.05) is 6.92 Å². The first-order valence-corrected chi connectivity index (χ1v) is 7.47. The average Bonchev–Trinajstić information content (AvgIpc) is 2.29. The SMILES string of the molecule is CCNS(=O)(=O)N1CCN(C(C)(C)CN)CC1. The third-order valence-corrected chi connectivity index (χ3v) is 4.96. The minimum absolute atomic E-state index is 0.0615. The molecule has 0 amide bonds. The molecular formula is C10H24N4O2S. The zero-order valence-corrected chi connectivity index (χ0v) is 11.8. The molecule has 1 fully saturated rings. The maximum Gasteiger partial charge on any atom is 0.279 e. The Morgan fingerprint density at radius 1 is 1.24 bits per heavy atom. The van der Waals surface area contributed by atoms with Gasteiger partial charge in [0.25, 0.3) is 10.2 Å². The van der Waals surface area contributed by atoms with Gasteiger partial charge in [-0.05, 0) is 13.8 Å². The maximum absolute atomic E-state index is 11.8. The van der Waals surface area contributed by atoms with Gasteiger partial charge in [0.2, 0.25) is 0 Å². The van der Waals surface area contributed by atoms with E-state index in [0.29, 0.717) is 26.2 Å². The zero-order chi connectivity index (χ0) is 13.1. The second-order valence-electron chi connectivity index (χ2n) is 4.91. The highest BCUT2D eigenvalue weighted by Crippen LogP contribution is 2.16. The van der Waals surface area contributed by atoms with Gasteiger partial charge in [0.05, 0.1) is 0 Å². The lowest BCUT2D eigenvalue weighted by molar-refractivity contribution is 0.0846. The number of nitrogens with two attached hydrogens (primary N) is 1. The maximum atomic E-state index is 11.8. The van der Waals surface area contributed by atoms with Crippen LogP contribution in [-0.4, -0.2) is 62.4 Å². The van der Waals surface area contributed by atoms with Crippen LogP contribution >= 0.6 is 0 Å². The first-order chi connectivity index (χ1) is 7.83. The first-order valence-electron chi connectivity index (χ1n) is 6.03. The average molecular weight is 264 g/mol. The molecule has 102 valence electrons. The molecule has 0 aromatic carbocycles. The molecule has 1 rings (SSSR count). The van der Waals surface area contributed by atoms with Gasteiger partial charge in [-0.2, -0.15) is 12.7 Å². The van der Waals surface area contributed by atoms with E-state index in [1.165, 1.54) is 4.31 Å². The molecule has 0 aliphatic carbocycles. The predicted molar refractivity (Wildman–Crippen MR) is 68.9 cm³/mol. The molecule has 0 aromatic rings. The molecule has 0 spiro atoms. The largest absolute Gasteiger partial charge is 0.329 e. The Morgan fingerprint density at radius 2 is 1.76 bits per heavy atom. The molecule has 1 heterocycles. The highest BCUT2D eigenvalue weighted by atomic mass is 32.2. The molecule has 7 heteroatoms. The summed E-state index contributed by atoms with van der Waals surface area (Å²) in [5, 5.41) is 0. The number of rotatable bonds is 5. The summed E-state index contributed by atoms with van der Waals surface area (Å²) < 4.78 is 27.6. The first kappa shape index (κ1) is 14.8. The number of piperazine rings is 1. The predicted octanol–water partition coefficient (Wildman–Crippen LogP) is -0.804. The van der Waals surface area contributed by atoms with Crippen molar-refractivity contribution in [3.05, 3.63) is 0 Å². The Labute approximate surface area is 104 Å². The van der Waals surface area contributed by atoms with Gasteiger partial charge in [0.15, 0.2) is 0 Å². The van der Waals surface area contributed by atoms with Crippen LogP contribution in [0.3, 0.4) is 0 Å². The van der Waals surface area contributed by atoms with E-state index >= 15 is 0 Å². The molecule has 1 saturated heterocycles. The Hall–Kier alpha value is -0.210. The van der Waals surface area contributed by atoms with Gasteiger partial charge in [0.1, 0.15) is 0 Å². The van der Waals surface area contributed by atoms with Crippen LogP contribution in [0.2, 0.25) is 0 Å². The third kappa shape index (κ3) is 3.62. The lowest BCUT2D eigenvalue weighted by Crippen LogP contribution is -2.59. The highest BCUT2D eigenvalue weighted by molar-refractivity contribution is 7.87. The summed E-state index contributed by atoms with van der Waals surface area (Å²) in [7, 11) is -3.28. The van der Waals surface area contributed by atoms with Gasteiger partial charge in [0, 0.05) is 44.8 Å². The van der Waals surface area contributed by atoms with Crippen molar-refractivity contribution in [2.24, 2.45) is 5.73 Å². The van der Waals surface area contributed by atoms with Crippen LogP contribution in [-0.2, 0) is 10.2 Å². The normalized spacial score (nSPS) is 20.7. The smallest absolute Gasteiger partial charge is 0.279 e. The van der Waals surface area contributed by atoms with Gasteiger partial charge >= 0.3 is 0 Å². The van der Waals surface area contributed by atoms with E-state index in [-0.39, 0.29) is 5.54 Å². The van der Waals surface area contributed by atoms with Crippen molar-refractivity contribution >= 4 is 10.2 Å². The minimum Gasteiger partial charge on any atom is -0.329 e. The van der Waals surface area contributed by atoms with Crippen molar-refractivity contribution in [2.45, 2.75) is 26.3 Å². The Balaban J connectivity index is 2.57. The lowest BCUT2D eigenvalue weighted by atomic mass is 10.0. The Bertz CT molecular complexity index is 334. The van der Waals surface area contributed by atoms with E-state index < -0.39 is 10.2 Å². The topological polar surface area (TPSA) is 78.7 Å². The molecule has 1 aliphatic rings. The van der Waals surface area contributed by atoms with Gasteiger partial charge in [-0.25, -0.2) is 4.72 Å². The van der Waals surface area contributed by atoms with E-state index in [1.807, 2.05) is 0 Å². The highest BCUT2D eigenvalue weighted by Gasteiger charge is 2.32. The van der Waals surface area contributed by atoms with Crippen molar-refractivity contribution in [1.29, 1.82) is 0 Å². The van der Waals surface area contributed by atoms with E-state index in [0.717, 1.165) is 13.1 Å². The Morgan fingerprint density at radius 3 is 2.18 bits per heavy atom. The van der Waals surface area contributed by atoms with Crippen LogP contribution in [0, 0.1) is 0 Å². The van der Waals surface area contributed by atoms with E-state index in [2.05, 4.69) is 23.5 Å². The summed E-state index contributed by atoms with van der Waals surface area (Å²) in [6, 6.07) is 0. The van der Waals surface area contributed by atoms with Gasteiger partial charge in [-0.15, -0.1) is 0 Å². The summed E-state index contributed by atoms with van der Waals surface area (Å²) in [6.07, 6.45) is 0. The van der Waals surface area contributed by atoms with Crippen LogP contribution in [0.4, 0.5) is 0 Å². The molecule has 0 radical (unpaired) electrons. The molecular weight excluding hydrogens is 240 g/mol. The Kier molecular flexibility index (Phi) is 4.91. The second-order valence-corrected chi connectivity index (χ2v) is 6.66. The summed E-state index contributed by atoms with van der Waals surface area (Å²) in [5.41, 5.74) is 5.66. The van der Waals surface area contributed by atoms with Crippen LogP contribution in [0.25, 0.3) is 0 Å². The molecule has 1 aliphatic heterocycles. The monoisotopic (exact) mass is 264 g/mol. The fourth-order valence-electron chi connectivity index (χ4n) is 1.94. The van der Waals surface area contributed by atoms with Crippen molar-refractivity contribution in [1.82, 2.24) is 13.9 Å². The molecule has 6 nitrogen and oxygen atoms in total. The van der Waals surface area contributed by atoms with E-state index in [1.54, 1.807) is 6.92 Å². The summed E-state index contributed by atoms with van der Waals surface area (Å²) >= 11 is 0. The molecule has 0 saturated carbocycles. The van der Waals surface area contributed by atoms with E-state index in [4.69, 9.17) is 5.73 Å². The molecule has 0 bridgehead atoms. The lowest BCUT2D eigenvalue weighted by Gasteiger charge is -2.43. The fourth-order valence-corrected chi connectivity index (χ4v) is 3.13. The quantitative estimate of drug-likeness (QED) is 0.681. The van der Waals surface area contributed by atoms with Crippen molar-refractivity contribution in [3.63, 3.8) is 0 Å². The summed E-state index contributed by atoms with van der Waals surface area (Å²) in [6.45, 7) is 9.47. The van der Waals surface area contributed by atoms with Crippen LogP contribution < -0.4 is 10.5 Å². The molecule has 0 aromatic heterocycles. The zero-order valence-electron chi connectivity index (χ0n) is 10.9. The van der Waals surface area contributed by atoms with Crippen LogP contribution in [0.15, 0.2) is 0 Å². The van der Waals surface area contributed by atoms with Crippen LogP contribution in [0.5, 0.6) is 0 Å². The van der Waals surface area contributed by atoms with Crippen molar-refractivity contribution in [3.8, 4) is 0 Å². The molecule has 17 heavy (non-hydrogen) atoms. The number of hydrogen-bond acceptors (Lipinski definition) is 4. The number of nitrogens with one attached hydrogen (secondary N) is 1. The van der Waals surface area contributed by atoms with Gasteiger partial charge in [-0.3, -0.25) is 4.90 Å². The summed E-state index contributed by atoms with van der Waals surface area (Å²) in [4.78, 5) is 2.24. The summed E-state index contributed by atoms with van der Waals surface area (Å²) in [5.74, 6) is 0. The minimum atomic E-state index is -3.28. The molecule has 0 unspecified atom stereocenters. The molecule has 3 N–H and O–H groups in total. The fraction of sp³-hybridized carbons (Fsp3) is 1.00. The van der Waals surface area contributed by atoms with Crippen molar-refractivity contribution in [2.75, 3.05) is 39.3 Å². The van der Waals surface area contributed by atoms with Crippen LogP contribution in [0.1, 0.15) is 20.8 Å². The number of hydrogen-bond donors (Lipinski definition) is 2. The number of nitrogens with zero attached hydrogens (tertiary/aromatic N) is 2. The molecule has 0 atom stereocenters. The van der Waals surface area contributed by atoms with Crippen molar-refractivity contribution < 1.29 is 8.42 Å². The second kappa shape index (κ2) is 5.62.